The Labute approximate surface area is 271 Å². The molecule has 0 aliphatic rings. The number of rotatable bonds is 3. The molecule has 0 fully saturated rings. The highest BCUT2D eigenvalue weighted by atomic mass is 16.3. The van der Waals surface area contributed by atoms with E-state index in [0.29, 0.717) is 0 Å². The third kappa shape index (κ3) is 3.90. The second-order valence-electron chi connectivity index (χ2n) is 12.4. The normalized spacial score (nSPS) is 11.8. The molecule has 0 radical (unpaired) electrons. The van der Waals surface area contributed by atoms with Crippen molar-refractivity contribution in [1.29, 1.82) is 0 Å². The summed E-state index contributed by atoms with van der Waals surface area (Å²) >= 11 is 0. The first-order valence-corrected chi connectivity index (χ1v) is 16.2. The molecule has 0 bridgehead atoms. The van der Waals surface area contributed by atoms with E-state index < -0.39 is 0 Å². The number of hydrogen-bond donors (Lipinski definition) is 0. The lowest BCUT2D eigenvalue weighted by molar-refractivity contribution is 0.673. The summed E-state index contributed by atoms with van der Waals surface area (Å²) in [5.74, 6) is 0. The zero-order chi connectivity index (χ0) is 30.9. The van der Waals surface area contributed by atoms with Crippen molar-refractivity contribution >= 4 is 65.0 Å². The van der Waals surface area contributed by atoms with Gasteiger partial charge in [-0.25, -0.2) is 0 Å². The van der Waals surface area contributed by atoms with Crippen molar-refractivity contribution < 1.29 is 4.42 Å². The summed E-state index contributed by atoms with van der Waals surface area (Å²) in [6, 6.07) is 61.5. The fourth-order valence-electron chi connectivity index (χ4n) is 7.77. The van der Waals surface area contributed by atoms with Gasteiger partial charge in [-0.1, -0.05) is 152 Å². The molecule has 1 aromatic heterocycles. The van der Waals surface area contributed by atoms with Crippen LogP contribution >= 0.6 is 0 Å². The second-order valence-corrected chi connectivity index (χ2v) is 12.4. The molecule has 0 unspecified atom stereocenters. The predicted molar refractivity (Wildman–Crippen MR) is 200 cm³/mol. The van der Waals surface area contributed by atoms with Crippen LogP contribution in [0.2, 0.25) is 0 Å². The van der Waals surface area contributed by atoms with E-state index in [-0.39, 0.29) is 0 Å². The Morgan fingerprint density at radius 3 is 1.62 bits per heavy atom. The van der Waals surface area contributed by atoms with Crippen LogP contribution in [0.3, 0.4) is 0 Å². The standard InChI is InChI=1S/C46H28O/c1-2-12-29(13-3-1)32-25-24-31-15-10-21-38(41(31)28-32)43-34-17-6-8-19-36(34)44(37-20-9-7-18-35(37)43)39-22-11-23-42-45(39)40-27-26-30-14-4-5-16-33(30)46(40)47-42/h1-28H. The minimum Gasteiger partial charge on any atom is -0.455 e. The minimum absolute atomic E-state index is 0.911. The molecule has 0 amide bonds. The zero-order valence-electron chi connectivity index (χ0n) is 25.6. The maximum absolute atomic E-state index is 6.64. The molecule has 0 aliphatic heterocycles. The fraction of sp³-hybridized carbons (Fsp3) is 0. The monoisotopic (exact) mass is 596 g/mol. The van der Waals surface area contributed by atoms with Gasteiger partial charge in [0.25, 0.3) is 0 Å². The number of fused-ring (bicyclic) bond motifs is 8. The Kier molecular flexibility index (Phi) is 5.64. The first-order valence-electron chi connectivity index (χ1n) is 16.2. The molecule has 0 aliphatic carbocycles. The first-order chi connectivity index (χ1) is 23.3. The molecule has 0 saturated carbocycles. The molecule has 1 heteroatoms. The molecule has 1 nitrogen and oxygen atoms in total. The van der Waals surface area contributed by atoms with Gasteiger partial charge in [-0.15, -0.1) is 0 Å². The summed E-state index contributed by atoms with van der Waals surface area (Å²) in [5.41, 5.74) is 9.26. The van der Waals surface area contributed by atoms with Crippen LogP contribution in [0.15, 0.2) is 174 Å². The molecular weight excluding hydrogens is 569 g/mol. The van der Waals surface area contributed by atoms with E-state index in [9.17, 15) is 0 Å². The Bertz CT molecular complexity index is 2780. The van der Waals surface area contributed by atoms with Crippen molar-refractivity contribution in [2.75, 3.05) is 0 Å². The number of furan rings is 1. The number of hydrogen-bond acceptors (Lipinski definition) is 1. The summed E-state index contributed by atoms with van der Waals surface area (Å²) in [7, 11) is 0. The Morgan fingerprint density at radius 2 is 0.872 bits per heavy atom. The quantitative estimate of drug-likeness (QED) is 0.185. The highest BCUT2D eigenvalue weighted by Gasteiger charge is 2.21. The molecule has 0 N–H and O–H groups in total. The van der Waals surface area contributed by atoms with E-state index in [0.717, 1.165) is 27.3 Å². The maximum Gasteiger partial charge on any atom is 0.143 e. The summed E-state index contributed by atoms with van der Waals surface area (Å²) in [6.07, 6.45) is 0. The lowest BCUT2D eigenvalue weighted by atomic mass is 9.83. The smallest absolute Gasteiger partial charge is 0.143 e. The fourth-order valence-corrected chi connectivity index (χ4v) is 7.77. The van der Waals surface area contributed by atoms with E-state index in [1.165, 1.54) is 71.1 Å². The molecular formula is C46H28O. The molecule has 9 aromatic carbocycles. The second kappa shape index (κ2) is 10.2. The van der Waals surface area contributed by atoms with Gasteiger partial charge in [0.15, 0.2) is 0 Å². The SMILES string of the molecule is c1ccc(-c2ccc3cccc(-c4c5ccccc5c(-c5cccc6oc7c8ccccc8ccc7c56)c5ccccc45)c3c2)cc1. The van der Waals surface area contributed by atoms with Gasteiger partial charge in [0.1, 0.15) is 11.2 Å². The minimum atomic E-state index is 0.911. The molecule has 0 spiro atoms. The van der Waals surface area contributed by atoms with Crippen LogP contribution in [-0.4, -0.2) is 0 Å². The van der Waals surface area contributed by atoms with Crippen LogP contribution < -0.4 is 0 Å². The van der Waals surface area contributed by atoms with E-state index in [1.807, 2.05) is 0 Å². The van der Waals surface area contributed by atoms with Crippen LogP contribution in [0.1, 0.15) is 0 Å². The van der Waals surface area contributed by atoms with Gasteiger partial charge in [0, 0.05) is 16.2 Å². The van der Waals surface area contributed by atoms with Crippen molar-refractivity contribution in [3.63, 3.8) is 0 Å². The lowest BCUT2D eigenvalue weighted by Crippen LogP contribution is -1.92. The Balaban J connectivity index is 1.32. The van der Waals surface area contributed by atoms with Crippen LogP contribution in [0.4, 0.5) is 0 Å². The van der Waals surface area contributed by atoms with Crippen LogP contribution in [-0.2, 0) is 0 Å². The number of benzene rings is 9. The molecule has 218 valence electrons. The molecule has 1 heterocycles. The topological polar surface area (TPSA) is 13.1 Å². The van der Waals surface area contributed by atoms with Gasteiger partial charge in [-0.05, 0) is 89.3 Å². The zero-order valence-corrected chi connectivity index (χ0v) is 25.6. The largest absolute Gasteiger partial charge is 0.455 e. The van der Waals surface area contributed by atoms with Crippen LogP contribution in [0, 0.1) is 0 Å². The van der Waals surface area contributed by atoms with Gasteiger partial charge < -0.3 is 4.42 Å². The van der Waals surface area contributed by atoms with E-state index in [4.69, 9.17) is 4.42 Å². The Hall–Kier alpha value is -6.18. The van der Waals surface area contributed by atoms with E-state index >= 15 is 0 Å². The molecule has 0 saturated heterocycles. The van der Waals surface area contributed by atoms with Crippen molar-refractivity contribution in [1.82, 2.24) is 0 Å². The third-order valence-corrected chi connectivity index (χ3v) is 9.85. The average molecular weight is 597 g/mol. The average Bonchev–Trinajstić information content (AvgIpc) is 3.54. The predicted octanol–water partition coefficient (Wildman–Crippen LogP) is 13.2. The van der Waals surface area contributed by atoms with Crippen LogP contribution in [0.25, 0.3) is 98.4 Å². The third-order valence-electron chi connectivity index (χ3n) is 9.85. The summed E-state index contributed by atoms with van der Waals surface area (Å²) in [6.45, 7) is 0. The molecule has 47 heavy (non-hydrogen) atoms. The highest BCUT2D eigenvalue weighted by molar-refractivity contribution is 6.28. The summed E-state index contributed by atoms with van der Waals surface area (Å²) in [4.78, 5) is 0. The van der Waals surface area contributed by atoms with Gasteiger partial charge in [0.05, 0.1) is 0 Å². The Morgan fingerprint density at radius 1 is 0.319 bits per heavy atom. The highest BCUT2D eigenvalue weighted by Crippen LogP contribution is 2.48. The van der Waals surface area contributed by atoms with E-state index in [2.05, 4.69) is 170 Å². The van der Waals surface area contributed by atoms with Crippen LogP contribution in [0.5, 0.6) is 0 Å². The van der Waals surface area contributed by atoms with Gasteiger partial charge in [-0.2, -0.15) is 0 Å². The van der Waals surface area contributed by atoms with Crippen molar-refractivity contribution in [3.8, 4) is 33.4 Å². The van der Waals surface area contributed by atoms with Crippen molar-refractivity contribution in [3.05, 3.63) is 170 Å². The van der Waals surface area contributed by atoms with Gasteiger partial charge in [0.2, 0.25) is 0 Å². The molecule has 10 rings (SSSR count). The van der Waals surface area contributed by atoms with E-state index in [1.54, 1.807) is 0 Å². The lowest BCUT2D eigenvalue weighted by Gasteiger charge is -2.19. The van der Waals surface area contributed by atoms with Crippen molar-refractivity contribution in [2.45, 2.75) is 0 Å². The van der Waals surface area contributed by atoms with Gasteiger partial charge in [-0.3, -0.25) is 0 Å². The molecule has 0 atom stereocenters. The molecule has 10 aromatic rings. The summed E-state index contributed by atoms with van der Waals surface area (Å²) in [5, 5.41) is 12.1. The summed E-state index contributed by atoms with van der Waals surface area (Å²) < 4.78 is 6.64. The maximum atomic E-state index is 6.64. The van der Waals surface area contributed by atoms with Crippen molar-refractivity contribution in [2.24, 2.45) is 0 Å². The van der Waals surface area contributed by atoms with Gasteiger partial charge >= 0.3 is 0 Å². The first kappa shape index (κ1) is 26.1.